The van der Waals surface area contributed by atoms with Gasteiger partial charge in [0.05, 0.1) is 11.1 Å². The van der Waals surface area contributed by atoms with Gasteiger partial charge in [0.15, 0.2) is 0 Å². The number of pyridine rings is 2. The maximum atomic E-state index is 6.82. The molecule has 0 N–H and O–H groups in total. The molecule has 5 heteroatoms. The Morgan fingerprint density at radius 3 is 2.04 bits per heavy atom. The first-order valence-electron chi connectivity index (χ1n) is 17.1. The molecular formula is C47H32N2OPtS. The van der Waals surface area contributed by atoms with Gasteiger partial charge in [-0.05, 0) is 88.5 Å². The van der Waals surface area contributed by atoms with Gasteiger partial charge in [0.2, 0.25) is 0 Å². The van der Waals surface area contributed by atoms with Gasteiger partial charge in [0.1, 0.15) is 0 Å². The van der Waals surface area contributed by atoms with Gasteiger partial charge in [-0.15, -0.1) is 29.3 Å². The third-order valence-electron chi connectivity index (χ3n) is 9.79. The van der Waals surface area contributed by atoms with E-state index in [1.165, 1.54) is 37.6 Å². The van der Waals surface area contributed by atoms with Gasteiger partial charge in [-0.2, -0.15) is 12.1 Å². The monoisotopic (exact) mass is 867 g/mol. The molecule has 0 bridgehead atoms. The number of hydrogen-bond donors (Lipinski definition) is 0. The maximum Gasteiger partial charge on any atom is 2.00 e. The number of aromatic nitrogens is 2. The molecule has 0 spiro atoms. The summed E-state index contributed by atoms with van der Waals surface area (Å²) in [4.78, 5) is 12.3. The molecule has 3 heterocycles. The molecular weight excluding hydrogens is 836 g/mol. The fraction of sp³-hybridized carbons (Fsp3) is 0.0638. The molecule has 8 aromatic rings. The van der Waals surface area contributed by atoms with Crippen LogP contribution in [0.15, 0.2) is 168 Å². The van der Waals surface area contributed by atoms with Gasteiger partial charge in [-0.3, -0.25) is 4.98 Å². The number of ether oxygens (including phenoxy) is 1. The van der Waals surface area contributed by atoms with Gasteiger partial charge in [0, 0.05) is 33.7 Å². The van der Waals surface area contributed by atoms with Crippen molar-refractivity contribution in [2.24, 2.45) is 0 Å². The topological polar surface area (TPSA) is 35.0 Å². The number of aryl methyl sites for hydroxylation is 2. The van der Waals surface area contributed by atoms with Crippen molar-refractivity contribution < 1.29 is 25.8 Å². The van der Waals surface area contributed by atoms with Crippen molar-refractivity contribution in [3.05, 3.63) is 204 Å². The first-order valence-corrected chi connectivity index (χ1v) is 17.9. The van der Waals surface area contributed by atoms with E-state index in [1.807, 2.05) is 30.6 Å². The zero-order valence-corrected chi connectivity index (χ0v) is 31.6. The molecule has 3 nitrogen and oxygen atoms in total. The molecule has 52 heavy (non-hydrogen) atoms. The smallest absolute Gasteiger partial charge is 0.503 e. The molecule has 252 valence electrons. The van der Waals surface area contributed by atoms with Crippen LogP contribution in [-0.4, -0.2) is 9.97 Å². The number of rotatable bonds is 6. The predicted octanol–water partition coefficient (Wildman–Crippen LogP) is 11.8. The second-order valence-corrected chi connectivity index (χ2v) is 14.0. The molecule has 9 rings (SSSR count). The number of benzene rings is 6. The molecule has 1 aliphatic rings. The third-order valence-corrected chi connectivity index (χ3v) is 10.9. The van der Waals surface area contributed by atoms with E-state index in [0.29, 0.717) is 11.5 Å². The van der Waals surface area contributed by atoms with Gasteiger partial charge < -0.3 is 9.72 Å². The van der Waals surface area contributed by atoms with E-state index in [0.717, 1.165) is 38.9 Å². The summed E-state index contributed by atoms with van der Waals surface area (Å²) < 4.78 is 6.82. The normalized spacial score (nSPS) is 12.7. The van der Waals surface area contributed by atoms with E-state index in [9.17, 15) is 0 Å². The average molecular weight is 868 g/mol. The van der Waals surface area contributed by atoms with Crippen molar-refractivity contribution in [2.75, 3.05) is 0 Å². The zero-order chi connectivity index (χ0) is 34.4. The minimum Gasteiger partial charge on any atom is -0.503 e. The number of nitrogens with zero attached hydrogens (tertiary/aromatic N) is 2. The van der Waals surface area contributed by atoms with Crippen LogP contribution < -0.4 is 4.74 Å². The van der Waals surface area contributed by atoms with Gasteiger partial charge >= 0.3 is 21.1 Å². The molecule has 1 aliphatic heterocycles. The Morgan fingerprint density at radius 2 is 1.29 bits per heavy atom. The van der Waals surface area contributed by atoms with Crippen LogP contribution in [0.25, 0.3) is 33.2 Å². The van der Waals surface area contributed by atoms with E-state index in [4.69, 9.17) is 14.7 Å². The van der Waals surface area contributed by atoms with Crippen LogP contribution in [0.5, 0.6) is 11.5 Å². The SMILES string of the molecule is Cc1cccc(C)c1-c1cc(Oc2[c-]c(C3(c4ccccn4)c4ccccc4Sc4ccccc43)ccc2)[c-]c(-c2nccc3ccccc23)c1.[Pt+2]. The summed E-state index contributed by atoms with van der Waals surface area (Å²) in [6.07, 6.45) is 3.74. The molecule has 2 aromatic heterocycles. The summed E-state index contributed by atoms with van der Waals surface area (Å²) in [5, 5.41) is 2.20. The Hall–Kier alpha value is -5.28. The first kappa shape index (κ1) is 33.8. The second kappa shape index (κ2) is 14.0. The van der Waals surface area contributed by atoms with Crippen LogP contribution in [0, 0.1) is 26.0 Å². The van der Waals surface area contributed by atoms with E-state index in [2.05, 4.69) is 153 Å². The van der Waals surface area contributed by atoms with E-state index < -0.39 is 5.41 Å². The van der Waals surface area contributed by atoms with E-state index in [1.54, 1.807) is 11.8 Å². The third kappa shape index (κ3) is 5.77. The molecule has 0 saturated heterocycles. The molecule has 6 aromatic carbocycles. The fourth-order valence-corrected chi connectivity index (χ4v) is 8.79. The number of hydrogen-bond acceptors (Lipinski definition) is 4. The Morgan fingerprint density at radius 1 is 0.596 bits per heavy atom. The Labute approximate surface area is 323 Å². The molecule has 0 radical (unpaired) electrons. The largest absolute Gasteiger partial charge is 2.00 e. The minimum atomic E-state index is -0.707. The molecule has 0 saturated carbocycles. The molecule has 0 amide bonds. The van der Waals surface area contributed by atoms with Crippen LogP contribution in [0.3, 0.4) is 0 Å². The van der Waals surface area contributed by atoms with Crippen LogP contribution in [0.2, 0.25) is 0 Å². The standard InChI is InChI=1S/C47H32N2OS.Pt/c1-31-13-11-14-32(2)45(31)34-27-35(46-39-18-4-3-15-33(39)24-26-49-46)29-38(28-34)50-37-17-12-16-36(30-37)47(44-23-9-10-25-48-44)40-19-5-7-21-42(40)51-43-22-8-6-20-41(43)47;/h3-28H,1-2H3;/q-2;+2. The summed E-state index contributed by atoms with van der Waals surface area (Å²) in [7, 11) is 0. The van der Waals surface area contributed by atoms with Crippen LogP contribution in [-0.2, 0) is 26.5 Å². The van der Waals surface area contributed by atoms with Crippen LogP contribution in [0.4, 0.5) is 0 Å². The average Bonchev–Trinajstić information content (AvgIpc) is 3.17. The fourth-order valence-electron chi connectivity index (χ4n) is 7.60. The predicted molar refractivity (Wildman–Crippen MR) is 207 cm³/mol. The molecule has 0 aliphatic carbocycles. The second-order valence-electron chi connectivity index (χ2n) is 12.9. The summed E-state index contributed by atoms with van der Waals surface area (Å²) in [6.45, 7) is 4.31. The van der Waals surface area contributed by atoms with E-state index >= 15 is 0 Å². The van der Waals surface area contributed by atoms with Crippen LogP contribution >= 0.6 is 11.8 Å². The minimum absolute atomic E-state index is 0. The molecule has 0 fully saturated rings. The van der Waals surface area contributed by atoms with Crippen molar-refractivity contribution in [3.8, 4) is 33.9 Å². The Bertz CT molecular complexity index is 2510. The summed E-state index contributed by atoms with van der Waals surface area (Å²) in [6, 6.07) is 58.0. The van der Waals surface area contributed by atoms with Crippen molar-refractivity contribution in [1.82, 2.24) is 9.97 Å². The van der Waals surface area contributed by atoms with Gasteiger partial charge in [-0.25, -0.2) is 0 Å². The van der Waals surface area contributed by atoms with Gasteiger partial charge in [0.25, 0.3) is 0 Å². The van der Waals surface area contributed by atoms with Gasteiger partial charge in [-0.1, -0.05) is 114 Å². The molecule has 0 atom stereocenters. The summed E-state index contributed by atoms with van der Waals surface area (Å²) in [5.74, 6) is 1.20. The first-order chi connectivity index (χ1) is 25.1. The van der Waals surface area contributed by atoms with E-state index in [-0.39, 0.29) is 21.1 Å². The summed E-state index contributed by atoms with van der Waals surface area (Å²) in [5.41, 5.74) is 9.90. The zero-order valence-electron chi connectivity index (χ0n) is 28.5. The van der Waals surface area contributed by atoms with Crippen molar-refractivity contribution in [3.63, 3.8) is 0 Å². The van der Waals surface area contributed by atoms with Crippen molar-refractivity contribution in [2.45, 2.75) is 29.1 Å². The quantitative estimate of drug-likeness (QED) is 0.156. The Balaban J connectivity index is 0.00000387. The maximum absolute atomic E-state index is 6.82. The summed E-state index contributed by atoms with van der Waals surface area (Å²) >= 11 is 1.80. The number of fused-ring (bicyclic) bond motifs is 3. The molecule has 0 unspecified atom stereocenters. The van der Waals surface area contributed by atoms with Crippen molar-refractivity contribution >= 4 is 22.5 Å². The Kier molecular flexibility index (Phi) is 9.13. The van der Waals surface area contributed by atoms with Crippen molar-refractivity contribution in [1.29, 1.82) is 0 Å². The van der Waals surface area contributed by atoms with Crippen LogP contribution in [0.1, 0.15) is 33.5 Å².